The molecule has 0 fully saturated rings. The summed E-state index contributed by atoms with van der Waals surface area (Å²) in [6, 6.07) is 4.67. The molecule has 0 spiro atoms. The van der Waals surface area contributed by atoms with Gasteiger partial charge in [-0.15, -0.1) is 0 Å². The van der Waals surface area contributed by atoms with E-state index in [-0.39, 0.29) is 6.54 Å². The lowest BCUT2D eigenvalue weighted by Crippen LogP contribution is -2.39. The summed E-state index contributed by atoms with van der Waals surface area (Å²) in [6.07, 6.45) is -0.770. The van der Waals surface area contributed by atoms with Crippen molar-refractivity contribution in [2.75, 3.05) is 6.54 Å². The number of hydrogen-bond acceptors (Lipinski definition) is 3. The van der Waals surface area contributed by atoms with Gasteiger partial charge in [0.05, 0.1) is 16.0 Å². The predicted octanol–water partition coefficient (Wildman–Crippen LogP) is 2.60. The van der Waals surface area contributed by atoms with E-state index in [1.54, 1.807) is 19.1 Å². The highest BCUT2D eigenvalue weighted by Gasteiger charge is 2.18. The van der Waals surface area contributed by atoms with Crippen LogP contribution < -0.4 is 10.1 Å². The molecule has 1 aromatic rings. The fourth-order valence-electron chi connectivity index (χ4n) is 1.29. The molecule has 20 heavy (non-hydrogen) atoms. The van der Waals surface area contributed by atoms with Crippen molar-refractivity contribution in [1.82, 2.24) is 5.32 Å². The van der Waals surface area contributed by atoms with Gasteiger partial charge in [0.15, 0.2) is 6.10 Å². The van der Waals surface area contributed by atoms with Gasteiger partial charge in [-0.1, -0.05) is 30.1 Å². The molecule has 0 saturated heterocycles. The molecule has 0 saturated carbocycles. The number of carboxylic acids is 1. The van der Waals surface area contributed by atoms with Crippen LogP contribution in [-0.2, 0) is 9.59 Å². The number of carbonyl (C=O) groups is 2. The summed E-state index contributed by atoms with van der Waals surface area (Å²) in [5, 5.41) is 11.9. The minimum absolute atomic E-state index is 0.0449. The number of rotatable bonds is 6. The summed E-state index contributed by atoms with van der Waals surface area (Å²) in [6.45, 7) is 3.11. The van der Waals surface area contributed by atoms with Crippen LogP contribution in [0.3, 0.4) is 0 Å². The van der Waals surface area contributed by atoms with Crippen molar-refractivity contribution in [2.45, 2.75) is 20.0 Å². The highest BCUT2D eigenvalue weighted by molar-refractivity contribution is 6.42. The van der Waals surface area contributed by atoms with Crippen molar-refractivity contribution in [3.63, 3.8) is 0 Å². The molecule has 0 heterocycles. The van der Waals surface area contributed by atoms with Crippen molar-refractivity contribution in [3.05, 3.63) is 28.2 Å². The summed E-state index contributed by atoms with van der Waals surface area (Å²) in [5.74, 6) is -1.61. The molecule has 2 N–H and O–H groups in total. The van der Waals surface area contributed by atoms with Crippen LogP contribution in [0.5, 0.6) is 5.75 Å². The minimum atomic E-state index is -0.969. The molecule has 5 nitrogen and oxygen atoms in total. The molecule has 0 radical (unpaired) electrons. The molecule has 110 valence electrons. The van der Waals surface area contributed by atoms with E-state index in [1.807, 2.05) is 0 Å². The molecule has 1 amide bonds. The molecular weight excluding hydrogens is 305 g/mol. The monoisotopic (exact) mass is 319 g/mol. The molecule has 0 aliphatic carbocycles. The SMILES string of the molecule is CC(CNC(=O)C(C)Oc1ccc(Cl)c(Cl)c1)C(=O)O. The van der Waals surface area contributed by atoms with Gasteiger partial charge in [-0.25, -0.2) is 0 Å². The average Bonchev–Trinajstić information content (AvgIpc) is 2.39. The second kappa shape index (κ2) is 7.36. The quantitative estimate of drug-likeness (QED) is 0.845. The maximum atomic E-state index is 11.7. The number of halogens is 2. The molecule has 7 heteroatoms. The second-order valence-corrected chi connectivity index (χ2v) is 5.13. The van der Waals surface area contributed by atoms with Gasteiger partial charge in [-0.2, -0.15) is 0 Å². The first-order valence-corrected chi connectivity index (χ1v) is 6.69. The predicted molar refractivity (Wildman–Crippen MR) is 76.4 cm³/mol. The number of nitrogens with one attached hydrogen (secondary N) is 1. The fourth-order valence-corrected chi connectivity index (χ4v) is 1.58. The normalized spacial score (nSPS) is 13.4. The van der Waals surface area contributed by atoms with Gasteiger partial charge in [-0.05, 0) is 19.1 Å². The number of hydrogen-bond donors (Lipinski definition) is 2. The molecule has 0 bridgehead atoms. The van der Waals surface area contributed by atoms with Crippen LogP contribution in [0.25, 0.3) is 0 Å². The Hall–Kier alpha value is -1.46. The van der Waals surface area contributed by atoms with Crippen LogP contribution in [0.15, 0.2) is 18.2 Å². The summed E-state index contributed by atoms with van der Waals surface area (Å²) >= 11 is 11.6. The number of ether oxygens (including phenoxy) is 1. The van der Waals surface area contributed by atoms with E-state index in [0.717, 1.165) is 0 Å². The molecule has 2 unspecified atom stereocenters. The number of carboxylic acid groups (broad SMARTS) is 1. The average molecular weight is 320 g/mol. The summed E-state index contributed by atoms with van der Waals surface area (Å²) in [7, 11) is 0. The Morgan fingerprint density at radius 3 is 2.50 bits per heavy atom. The van der Waals surface area contributed by atoms with Crippen molar-refractivity contribution in [1.29, 1.82) is 0 Å². The highest BCUT2D eigenvalue weighted by atomic mass is 35.5. The van der Waals surface area contributed by atoms with Gasteiger partial charge in [0.25, 0.3) is 5.91 Å². The lowest BCUT2D eigenvalue weighted by molar-refractivity contribution is -0.141. The Labute approximate surface area is 126 Å². The topological polar surface area (TPSA) is 75.6 Å². The second-order valence-electron chi connectivity index (χ2n) is 4.32. The van der Waals surface area contributed by atoms with E-state index in [2.05, 4.69) is 5.32 Å². The number of aliphatic carboxylic acids is 1. The van der Waals surface area contributed by atoms with Crippen LogP contribution in [-0.4, -0.2) is 29.6 Å². The first-order valence-electron chi connectivity index (χ1n) is 5.93. The Morgan fingerprint density at radius 2 is 1.95 bits per heavy atom. The van der Waals surface area contributed by atoms with E-state index in [0.29, 0.717) is 15.8 Å². The first-order chi connectivity index (χ1) is 9.31. The van der Waals surface area contributed by atoms with Gasteiger partial charge in [-0.3, -0.25) is 9.59 Å². The third-order valence-electron chi connectivity index (χ3n) is 2.58. The van der Waals surface area contributed by atoms with E-state index < -0.39 is 23.9 Å². The van der Waals surface area contributed by atoms with Crippen molar-refractivity contribution >= 4 is 35.1 Å². The minimum Gasteiger partial charge on any atom is -0.481 e. The Balaban J connectivity index is 2.53. The third kappa shape index (κ3) is 4.90. The smallest absolute Gasteiger partial charge is 0.308 e. The van der Waals surface area contributed by atoms with Crippen LogP contribution in [0.1, 0.15) is 13.8 Å². The van der Waals surface area contributed by atoms with E-state index in [4.69, 9.17) is 33.0 Å². The lowest BCUT2D eigenvalue weighted by Gasteiger charge is -2.16. The maximum absolute atomic E-state index is 11.7. The molecule has 1 rings (SSSR count). The van der Waals surface area contributed by atoms with Gasteiger partial charge in [0.1, 0.15) is 5.75 Å². The first kappa shape index (κ1) is 16.6. The van der Waals surface area contributed by atoms with Crippen molar-refractivity contribution in [3.8, 4) is 5.75 Å². The zero-order chi connectivity index (χ0) is 15.3. The van der Waals surface area contributed by atoms with Gasteiger partial charge in [0.2, 0.25) is 0 Å². The number of benzene rings is 1. The lowest BCUT2D eigenvalue weighted by atomic mass is 10.2. The van der Waals surface area contributed by atoms with E-state index in [9.17, 15) is 9.59 Å². The molecule has 2 atom stereocenters. The van der Waals surface area contributed by atoms with Crippen LogP contribution >= 0.6 is 23.2 Å². The standard InChI is InChI=1S/C13H15Cl2NO4/c1-7(13(18)19)6-16-12(17)8(2)20-9-3-4-10(14)11(15)5-9/h3-5,7-8H,6H2,1-2H3,(H,16,17)(H,18,19). The maximum Gasteiger partial charge on any atom is 0.308 e. The van der Waals surface area contributed by atoms with Crippen LogP contribution in [0.4, 0.5) is 0 Å². The molecule has 0 aromatic heterocycles. The van der Waals surface area contributed by atoms with Crippen LogP contribution in [0, 0.1) is 5.92 Å². The van der Waals surface area contributed by atoms with E-state index in [1.165, 1.54) is 13.0 Å². The Bertz CT molecular complexity index is 507. The molecule has 0 aliphatic rings. The molecule has 1 aromatic carbocycles. The van der Waals surface area contributed by atoms with Gasteiger partial charge >= 0.3 is 5.97 Å². The largest absolute Gasteiger partial charge is 0.481 e. The highest BCUT2D eigenvalue weighted by Crippen LogP contribution is 2.26. The summed E-state index contributed by atoms with van der Waals surface area (Å²) < 4.78 is 5.40. The Kier molecular flexibility index (Phi) is 6.10. The van der Waals surface area contributed by atoms with Crippen LogP contribution in [0.2, 0.25) is 10.0 Å². The summed E-state index contributed by atoms with van der Waals surface area (Å²) in [5.41, 5.74) is 0. The third-order valence-corrected chi connectivity index (χ3v) is 3.32. The molecular formula is C13H15Cl2NO4. The number of amides is 1. The summed E-state index contributed by atoms with van der Waals surface area (Å²) in [4.78, 5) is 22.4. The molecule has 0 aliphatic heterocycles. The van der Waals surface area contributed by atoms with Crippen molar-refractivity contribution in [2.24, 2.45) is 5.92 Å². The van der Waals surface area contributed by atoms with Gasteiger partial charge in [0, 0.05) is 12.6 Å². The fraction of sp³-hybridized carbons (Fsp3) is 0.385. The number of carbonyl (C=O) groups excluding carboxylic acids is 1. The van der Waals surface area contributed by atoms with Crippen molar-refractivity contribution < 1.29 is 19.4 Å². The van der Waals surface area contributed by atoms with E-state index >= 15 is 0 Å². The zero-order valence-electron chi connectivity index (χ0n) is 11.0. The van der Waals surface area contributed by atoms with Gasteiger partial charge < -0.3 is 15.2 Å². The Morgan fingerprint density at radius 1 is 1.30 bits per heavy atom. The zero-order valence-corrected chi connectivity index (χ0v) is 12.5.